The predicted octanol–water partition coefficient (Wildman–Crippen LogP) is 0.275. The molecule has 3 rings (SSSR count). The highest BCUT2D eigenvalue weighted by atomic mass is 16.2. The fourth-order valence-corrected chi connectivity index (χ4v) is 2.50. The monoisotopic (exact) mass is 273 g/mol. The SMILES string of the molecule is NCc1ccc2nc(C(=O)N[C@H]3CCCNC3)cn2c1. The molecule has 2 aromatic heterocycles. The van der Waals surface area contributed by atoms with Gasteiger partial charge in [-0.1, -0.05) is 6.07 Å². The second-order valence-electron chi connectivity index (χ2n) is 5.15. The number of rotatable bonds is 3. The number of aromatic nitrogens is 2. The molecular formula is C14H19N5O. The summed E-state index contributed by atoms with van der Waals surface area (Å²) in [5.74, 6) is -0.114. The van der Waals surface area contributed by atoms with E-state index in [1.54, 1.807) is 6.20 Å². The number of nitrogens with zero attached hydrogens (tertiary/aromatic N) is 2. The summed E-state index contributed by atoms with van der Waals surface area (Å²) in [6.45, 7) is 2.34. The number of amides is 1. The molecule has 1 saturated heterocycles. The summed E-state index contributed by atoms with van der Waals surface area (Å²) in [5, 5.41) is 6.30. The molecule has 0 radical (unpaired) electrons. The molecule has 0 aromatic carbocycles. The molecule has 0 aliphatic carbocycles. The number of pyridine rings is 1. The highest BCUT2D eigenvalue weighted by Crippen LogP contribution is 2.09. The molecule has 4 N–H and O–H groups in total. The smallest absolute Gasteiger partial charge is 0.271 e. The van der Waals surface area contributed by atoms with Crippen LogP contribution in [0.3, 0.4) is 0 Å². The van der Waals surface area contributed by atoms with E-state index in [1.165, 1.54) is 0 Å². The molecule has 0 saturated carbocycles. The van der Waals surface area contributed by atoms with Crippen LogP contribution in [-0.4, -0.2) is 34.4 Å². The normalized spacial score (nSPS) is 19.1. The van der Waals surface area contributed by atoms with Gasteiger partial charge in [0.2, 0.25) is 0 Å². The van der Waals surface area contributed by atoms with Crippen LogP contribution in [0.25, 0.3) is 5.65 Å². The minimum absolute atomic E-state index is 0.114. The zero-order valence-electron chi connectivity index (χ0n) is 11.3. The van der Waals surface area contributed by atoms with E-state index < -0.39 is 0 Å². The molecule has 1 atom stereocenters. The van der Waals surface area contributed by atoms with Crippen LogP contribution < -0.4 is 16.4 Å². The molecule has 6 heteroatoms. The van der Waals surface area contributed by atoms with Crippen LogP contribution in [0.1, 0.15) is 28.9 Å². The Bertz CT molecular complexity index is 615. The largest absolute Gasteiger partial charge is 0.347 e. The topological polar surface area (TPSA) is 84.4 Å². The Balaban J connectivity index is 1.77. The molecule has 20 heavy (non-hydrogen) atoms. The first-order valence-electron chi connectivity index (χ1n) is 6.95. The van der Waals surface area contributed by atoms with Crippen LogP contribution in [0.2, 0.25) is 0 Å². The van der Waals surface area contributed by atoms with E-state index in [2.05, 4.69) is 15.6 Å². The van der Waals surface area contributed by atoms with Gasteiger partial charge in [0.15, 0.2) is 0 Å². The van der Waals surface area contributed by atoms with Crippen LogP contribution in [0, 0.1) is 0 Å². The third-order valence-electron chi connectivity index (χ3n) is 3.61. The molecule has 106 valence electrons. The molecular weight excluding hydrogens is 254 g/mol. The average molecular weight is 273 g/mol. The molecule has 3 heterocycles. The fourth-order valence-electron chi connectivity index (χ4n) is 2.50. The van der Waals surface area contributed by atoms with Gasteiger partial charge in [-0.3, -0.25) is 4.79 Å². The maximum atomic E-state index is 12.2. The summed E-state index contributed by atoms with van der Waals surface area (Å²) in [6, 6.07) is 4.00. The van der Waals surface area contributed by atoms with Gasteiger partial charge in [-0.2, -0.15) is 0 Å². The summed E-state index contributed by atoms with van der Waals surface area (Å²) in [5.41, 5.74) is 7.83. The third kappa shape index (κ3) is 2.66. The number of imidazole rings is 1. The first-order chi connectivity index (χ1) is 9.76. The van der Waals surface area contributed by atoms with Crippen molar-refractivity contribution >= 4 is 11.6 Å². The number of hydrogen-bond acceptors (Lipinski definition) is 4. The summed E-state index contributed by atoms with van der Waals surface area (Å²) < 4.78 is 1.84. The maximum absolute atomic E-state index is 12.2. The van der Waals surface area contributed by atoms with Crippen molar-refractivity contribution in [2.24, 2.45) is 5.73 Å². The van der Waals surface area contributed by atoms with Gasteiger partial charge in [0.1, 0.15) is 11.3 Å². The summed E-state index contributed by atoms with van der Waals surface area (Å²) in [6.07, 6.45) is 5.76. The van der Waals surface area contributed by atoms with E-state index in [1.807, 2.05) is 22.7 Å². The van der Waals surface area contributed by atoms with Gasteiger partial charge in [0.25, 0.3) is 5.91 Å². The molecule has 1 aliphatic heterocycles. The number of carbonyl (C=O) groups is 1. The predicted molar refractivity (Wildman–Crippen MR) is 76.4 cm³/mol. The first-order valence-corrected chi connectivity index (χ1v) is 6.95. The standard InChI is InChI=1S/C14H19N5O/c15-6-10-3-4-13-18-12(9-19(13)8-10)14(20)17-11-2-1-5-16-7-11/h3-4,8-9,11,16H,1-2,5-7,15H2,(H,17,20)/t11-/m0/s1. The Hall–Kier alpha value is -1.92. The lowest BCUT2D eigenvalue weighted by Crippen LogP contribution is -2.45. The highest BCUT2D eigenvalue weighted by molar-refractivity contribution is 5.93. The van der Waals surface area contributed by atoms with Gasteiger partial charge >= 0.3 is 0 Å². The molecule has 2 aromatic rings. The number of carbonyl (C=O) groups excluding carboxylic acids is 1. The van der Waals surface area contributed by atoms with Crippen molar-refractivity contribution < 1.29 is 4.79 Å². The Kier molecular flexibility index (Phi) is 3.66. The van der Waals surface area contributed by atoms with E-state index in [0.717, 1.165) is 37.1 Å². The van der Waals surface area contributed by atoms with Gasteiger partial charge in [-0.15, -0.1) is 0 Å². The van der Waals surface area contributed by atoms with Gasteiger partial charge in [-0.05, 0) is 31.0 Å². The van der Waals surface area contributed by atoms with E-state index in [4.69, 9.17) is 5.73 Å². The minimum Gasteiger partial charge on any atom is -0.347 e. The molecule has 6 nitrogen and oxygen atoms in total. The molecule has 0 unspecified atom stereocenters. The van der Waals surface area contributed by atoms with Crippen LogP contribution in [0.5, 0.6) is 0 Å². The Morgan fingerprint density at radius 3 is 3.15 bits per heavy atom. The molecule has 0 bridgehead atoms. The van der Waals surface area contributed by atoms with Crippen molar-refractivity contribution in [1.29, 1.82) is 0 Å². The molecule has 1 amide bonds. The lowest BCUT2D eigenvalue weighted by molar-refractivity contribution is 0.0926. The third-order valence-corrected chi connectivity index (χ3v) is 3.61. The zero-order valence-corrected chi connectivity index (χ0v) is 11.3. The Labute approximate surface area is 117 Å². The van der Waals surface area contributed by atoms with Crippen molar-refractivity contribution in [1.82, 2.24) is 20.0 Å². The maximum Gasteiger partial charge on any atom is 0.271 e. The van der Waals surface area contributed by atoms with Crippen LogP contribution in [-0.2, 0) is 6.54 Å². The first kappa shape index (κ1) is 13.1. The van der Waals surface area contributed by atoms with Crippen LogP contribution in [0.15, 0.2) is 24.5 Å². The fraction of sp³-hybridized carbons (Fsp3) is 0.429. The second kappa shape index (κ2) is 5.60. The molecule has 1 aliphatic rings. The van der Waals surface area contributed by atoms with Crippen molar-refractivity contribution in [2.45, 2.75) is 25.4 Å². The van der Waals surface area contributed by atoms with E-state index >= 15 is 0 Å². The van der Waals surface area contributed by atoms with Crippen LogP contribution >= 0.6 is 0 Å². The summed E-state index contributed by atoms with van der Waals surface area (Å²) in [4.78, 5) is 16.5. The van der Waals surface area contributed by atoms with Gasteiger partial charge in [0, 0.05) is 31.5 Å². The number of hydrogen-bond donors (Lipinski definition) is 3. The number of fused-ring (bicyclic) bond motifs is 1. The lowest BCUT2D eigenvalue weighted by atomic mass is 10.1. The van der Waals surface area contributed by atoms with Crippen molar-refractivity contribution in [3.8, 4) is 0 Å². The van der Waals surface area contributed by atoms with Crippen LogP contribution in [0.4, 0.5) is 0 Å². The van der Waals surface area contributed by atoms with Crippen molar-refractivity contribution in [2.75, 3.05) is 13.1 Å². The molecule has 1 fully saturated rings. The minimum atomic E-state index is -0.114. The number of piperidine rings is 1. The van der Waals surface area contributed by atoms with Crippen molar-refractivity contribution in [3.05, 3.63) is 35.8 Å². The Morgan fingerprint density at radius 1 is 1.50 bits per heavy atom. The second-order valence-corrected chi connectivity index (χ2v) is 5.15. The number of nitrogens with one attached hydrogen (secondary N) is 2. The average Bonchev–Trinajstić information content (AvgIpc) is 2.91. The van der Waals surface area contributed by atoms with E-state index in [-0.39, 0.29) is 11.9 Å². The molecule has 0 spiro atoms. The van der Waals surface area contributed by atoms with E-state index in [9.17, 15) is 4.79 Å². The van der Waals surface area contributed by atoms with Gasteiger partial charge in [-0.25, -0.2) is 4.98 Å². The quantitative estimate of drug-likeness (QED) is 0.749. The number of nitrogens with two attached hydrogens (primary N) is 1. The van der Waals surface area contributed by atoms with Gasteiger partial charge < -0.3 is 20.8 Å². The lowest BCUT2D eigenvalue weighted by Gasteiger charge is -2.23. The van der Waals surface area contributed by atoms with E-state index in [0.29, 0.717) is 12.2 Å². The summed E-state index contributed by atoms with van der Waals surface area (Å²) in [7, 11) is 0. The van der Waals surface area contributed by atoms with Gasteiger partial charge in [0.05, 0.1) is 0 Å². The van der Waals surface area contributed by atoms with Crippen molar-refractivity contribution in [3.63, 3.8) is 0 Å². The summed E-state index contributed by atoms with van der Waals surface area (Å²) >= 11 is 0. The highest BCUT2D eigenvalue weighted by Gasteiger charge is 2.18. The Morgan fingerprint density at radius 2 is 2.40 bits per heavy atom. The zero-order chi connectivity index (χ0) is 13.9.